The summed E-state index contributed by atoms with van der Waals surface area (Å²) in [6.45, 7) is 2.05. The zero-order valence-corrected chi connectivity index (χ0v) is 9.98. The molecule has 0 unspecified atom stereocenters. The van der Waals surface area contributed by atoms with Gasteiger partial charge in [0.2, 0.25) is 0 Å². The van der Waals surface area contributed by atoms with Crippen LogP contribution >= 0.6 is 0 Å². The van der Waals surface area contributed by atoms with Crippen molar-refractivity contribution in [3.63, 3.8) is 0 Å². The minimum absolute atomic E-state index is 0.528. The van der Waals surface area contributed by atoms with Gasteiger partial charge in [-0.1, -0.05) is 36.8 Å². The Balaban J connectivity index is 2.11. The molecule has 0 aromatic heterocycles. The molecule has 17 heavy (non-hydrogen) atoms. The van der Waals surface area contributed by atoms with E-state index in [1.54, 1.807) is 12.1 Å². The van der Waals surface area contributed by atoms with Crippen molar-refractivity contribution in [3.05, 3.63) is 35.9 Å². The monoisotopic (exact) mass is 256 g/mol. The van der Waals surface area contributed by atoms with E-state index in [1.165, 1.54) is 0 Å². The maximum Gasteiger partial charge on any atom is 0.440 e. The normalized spacial score (nSPS) is 19.0. The van der Waals surface area contributed by atoms with Gasteiger partial charge in [-0.25, -0.2) is 0 Å². The number of allylic oxidation sites excluding steroid dienone is 1. The van der Waals surface area contributed by atoms with Crippen LogP contribution in [-0.2, 0) is 19.0 Å². The van der Waals surface area contributed by atoms with Crippen molar-refractivity contribution in [1.82, 2.24) is 5.59 Å². The van der Waals surface area contributed by atoms with Gasteiger partial charge in [0.05, 0.1) is 5.69 Å². The average Bonchev–Trinajstić information content (AvgIpc) is 2.68. The fourth-order valence-corrected chi connectivity index (χ4v) is 1.76. The molecule has 0 atom stereocenters. The van der Waals surface area contributed by atoms with Crippen LogP contribution in [0.5, 0.6) is 0 Å². The Labute approximate surface area is 99.7 Å². The first-order chi connectivity index (χ1) is 8.11. The van der Waals surface area contributed by atoms with Crippen LogP contribution in [-0.4, -0.2) is 8.42 Å². The summed E-state index contributed by atoms with van der Waals surface area (Å²) >= 11 is 0. The van der Waals surface area contributed by atoms with E-state index >= 15 is 0 Å². The largest absolute Gasteiger partial charge is 0.440 e. The molecule has 0 spiro atoms. The van der Waals surface area contributed by atoms with Crippen molar-refractivity contribution in [2.24, 2.45) is 0 Å². The predicted molar refractivity (Wildman–Crippen MR) is 62.5 cm³/mol. The maximum atomic E-state index is 10.9. The van der Waals surface area contributed by atoms with Crippen LogP contribution in [0.15, 0.2) is 30.3 Å². The van der Waals surface area contributed by atoms with Gasteiger partial charge in [-0.2, -0.15) is 8.42 Å². The molecule has 2 rings (SSSR count). The van der Waals surface area contributed by atoms with E-state index in [0.717, 1.165) is 17.2 Å². The lowest BCUT2D eigenvalue weighted by molar-refractivity contribution is 0.198. The SMILES string of the molecule is CC/C=C/c1ccc(N2NOS(=O)(=O)O2)cc1. The standard InChI is InChI=1S/C10H12N2O4S/c1-2-3-4-9-5-7-10(8-6-9)12-11-15-17(13,14)16-12/h3-8,11H,2H2,1H3/b4-3+. The Morgan fingerprint density at radius 2 is 2.06 bits per heavy atom. The van der Waals surface area contributed by atoms with Crippen LogP contribution in [0.1, 0.15) is 18.9 Å². The molecule has 0 radical (unpaired) electrons. The van der Waals surface area contributed by atoms with E-state index in [4.69, 9.17) is 0 Å². The fraction of sp³-hybridized carbons (Fsp3) is 0.200. The van der Waals surface area contributed by atoms with Crippen LogP contribution in [0, 0.1) is 0 Å². The molecule has 1 aliphatic heterocycles. The molecule has 7 heteroatoms. The summed E-state index contributed by atoms with van der Waals surface area (Å²) in [6, 6.07) is 7.12. The van der Waals surface area contributed by atoms with E-state index in [0.29, 0.717) is 5.69 Å². The molecule has 0 saturated carbocycles. The number of anilines is 1. The summed E-state index contributed by atoms with van der Waals surface area (Å²) < 4.78 is 30.5. The molecule has 6 nitrogen and oxygen atoms in total. The number of hydrazine groups is 1. The molecule has 0 amide bonds. The number of benzene rings is 1. The molecular formula is C10H12N2O4S. The summed E-state index contributed by atoms with van der Waals surface area (Å²) in [6.07, 6.45) is 4.98. The van der Waals surface area contributed by atoms with Crippen molar-refractivity contribution in [1.29, 1.82) is 0 Å². The number of nitrogens with zero attached hydrogens (tertiary/aromatic N) is 1. The van der Waals surface area contributed by atoms with Crippen molar-refractivity contribution < 1.29 is 17.0 Å². The molecule has 1 saturated heterocycles. The van der Waals surface area contributed by atoms with Gasteiger partial charge in [0.15, 0.2) is 0 Å². The second-order valence-electron chi connectivity index (χ2n) is 3.35. The van der Waals surface area contributed by atoms with E-state index in [-0.39, 0.29) is 0 Å². The molecule has 1 aliphatic rings. The highest BCUT2D eigenvalue weighted by Gasteiger charge is 2.28. The molecule has 1 aromatic rings. The number of hydrogen-bond donors (Lipinski definition) is 1. The summed E-state index contributed by atoms with van der Waals surface area (Å²) in [4.78, 5) is 0. The van der Waals surface area contributed by atoms with E-state index in [2.05, 4.69) is 21.1 Å². The van der Waals surface area contributed by atoms with Gasteiger partial charge in [-0.3, -0.25) is 0 Å². The van der Waals surface area contributed by atoms with Gasteiger partial charge in [-0.15, -0.1) is 13.7 Å². The van der Waals surface area contributed by atoms with Crippen LogP contribution in [0.3, 0.4) is 0 Å². The van der Waals surface area contributed by atoms with Crippen LogP contribution in [0.2, 0.25) is 0 Å². The number of rotatable bonds is 3. The van der Waals surface area contributed by atoms with Gasteiger partial charge in [-0.05, 0) is 24.1 Å². The summed E-state index contributed by atoms with van der Waals surface area (Å²) in [5.41, 5.74) is 3.68. The summed E-state index contributed by atoms with van der Waals surface area (Å²) in [7, 11) is -3.97. The number of hydrogen-bond acceptors (Lipinski definition) is 6. The predicted octanol–water partition coefficient (Wildman–Crippen LogP) is 1.54. The lowest BCUT2D eigenvalue weighted by Gasteiger charge is -2.10. The smallest absolute Gasteiger partial charge is 0.165 e. The molecular weight excluding hydrogens is 244 g/mol. The van der Waals surface area contributed by atoms with Crippen molar-refractivity contribution >= 4 is 22.2 Å². The van der Waals surface area contributed by atoms with Crippen LogP contribution in [0.4, 0.5) is 5.69 Å². The summed E-state index contributed by atoms with van der Waals surface area (Å²) in [5, 5.41) is 0.933. The average molecular weight is 256 g/mol. The Morgan fingerprint density at radius 3 is 2.59 bits per heavy atom. The fourth-order valence-electron chi connectivity index (χ4n) is 1.27. The highest BCUT2D eigenvalue weighted by Crippen LogP contribution is 2.19. The lowest BCUT2D eigenvalue weighted by Crippen LogP contribution is -2.28. The van der Waals surface area contributed by atoms with Crippen molar-refractivity contribution in [3.8, 4) is 0 Å². The Morgan fingerprint density at radius 1 is 1.35 bits per heavy atom. The van der Waals surface area contributed by atoms with Gasteiger partial charge in [0.1, 0.15) is 0 Å². The highest BCUT2D eigenvalue weighted by atomic mass is 32.3. The molecule has 1 fully saturated rings. The lowest BCUT2D eigenvalue weighted by atomic mass is 10.2. The van der Waals surface area contributed by atoms with Crippen LogP contribution in [0.25, 0.3) is 6.08 Å². The first kappa shape index (κ1) is 12.1. The Kier molecular flexibility index (Phi) is 3.43. The van der Waals surface area contributed by atoms with Crippen molar-refractivity contribution in [2.75, 3.05) is 5.17 Å². The third-order valence-corrected chi connectivity index (χ3v) is 2.67. The second-order valence-corrected chi connectivity index (χ2v) is 4.49. The van der Waals surface area contributed by atoms with E-state index in [9.17, 15) is 8.42 Å². The van der Waals surface area contributed by atoms with Gasteiger partial charge < -0.3 is 0 Å². The minimum atomic E-state index is -3.97. The zero-order chi connectivity index (χ0) is 12.3. The third kappa shape index (κ3) is 3.04. The van der Waals surface area contributed by atoms with Crippen LogP contribution < -0.4 is 10.8 Å². The first-order valence-corrected chi connectivity index (χ1v) is 6.39. The van der Waals surface area contributed by atoms with E-state index in [1.807, 2.05) is 24.3 Å². The molecule has 1 aromatic carbocycles. The van der Waals surface area contributed by atoms with E-state index < -0.39 is 10.4 Å². The quantitative estimate of drug-likeness (QED) is 0.884. The van der Waals surface area contributed by atoms with Gasteiger partial charge >= 0.3 is 10.4 Å². The molecule has 1 heterocycles. The summed E-state index contributed by atoms with van der Waals surface area (Å²) in [5.74, 6) is 0. The van der Waals surface area contributed by atoms with Gasteiger partial charge in [0.25, 0.3) is 0 Å². The second kappa shape index (κ2) is 4.84. The Bertz CT molecular complexity index is 510. The minimum Gasteiger partial charge on any atom is -0.165 e. The first-order valence-electron chi connectivity index (χ1n) is 5.06. The molecule has 0 aliphatic carbocycles. The molecule has 1 N–H and O–H groups in total. The molecule has 0 bridgehead atoms. The molecule has 92 valence electrons. The topological polar surface area (TPSA) is 67.9 Å². The zero-order valence-electron chi connectivity index (χ0n) is 9.16. The van der Waals surface area contributed by atoms with Crippen molar-refractivity contribution in [2.45, 2.75) is 13.3 Å². The van der Waals surface area contributed by atoms with Gasteiger partial charge in [0, 0.05) is 0 Å². The Hall–Kier alpha value is -1.41. The third-order valence-electron chi connectivity index (χ3n) is 2.06. The maximum absolute atomic E-state index is 10.9. The highest BCUT2D eigenvalue weighted by molar-refractivity contribution is 7.82. The number of nitrogens with one attached hydrogen (secondary N) is 1.